The second-order valence-corrected chi connectivity index (χ2v) is 8.35. The van der Waals surface area contributed by atoms with E-state index in [1.54, 1.807) is 4.68 Å². The molecule has 3 heterocycles. The van der Waals surface area contributed by atoms with Crippen molar-refractivity contribution in [2.24, 2.45) is 13.0 Å². The standard InChI is InChI=1S/C18H26N6OS/c1-12-10-15(20-23(12)3)17(25)22(2)11-13-6-8-24(9-7-13)18-19-16(21-26-18)14-4-5-14/h10,13-14H,4-9,11H2,1-3H3. The van der Waals surface area contributed by atoms with E-state index >= 15 is 0 Å². The van der Waals surface area contributed by atoms with Crippen LogP contribution in [0.3, 0.4) is 0 Å². The van der Waals surface area contributed by atoms with Crippen LogP contribution in [0, 0.1) is 12.8 Å². The van der Waals surface area contributed by atoms with Gasteiger partial charge in [-0.15, -0.1) is 0 Å². The molecule has 2 aromatic rings. The third kappa shape index (κ3) is 3.60. The average molecular weight is 375 g/mol. The van der Waals surface area contributed by atoms with Crippen LogP contribution in [-0.4, -0.2) is 56.6 Å². The van der Waals surface area contributed by atoms with Crippen LogP contribution in [0.5, 0.6) is 0 Å². The molecule has 2 fully saturated rings. The average Bonchev–Trinajstić information content (AvgIpc) is 3.27. The van der Waals surface area contributed by atoms with Gasteiger partial charge in [-0.3, -0.25) is 9.48 Å². The quantitative estimate of drug-likeness (QED) is 0.804. The highest BCUT2D eigenvalue weighted by Crippen LogP contribution is 2.40. The molecule has 1 aliphatic heterocycles. The molecule has 0 aromatic carbocycles. The lowest BCUT2D eigenvalue weighted by atomic mass is 9.96. The lowest BCUT2D eigenvalue weighted by molar-refractivity contribution is 0.0758. The number of anilines is 1. The third-order valence-electron chi connectivity index (χ3n) is 5.47. The molecule has 0 radical (unpaired) electrons. The largest absolute Gasteiger partial charge is 0.347 e. The first-order chi connectivity index (χ1) is 12.5. The van der Waals surface area contributed by atoms with Crippen molar-refractivity contribution >= 4 is 22.6 Å². The molecule has 0 unspecified atom stereocenters. The number of piperidine rings is 1. The highest BCUT2D eigenvalue weighted by Gasteiger charge is 2.30. The van der Waals surface area contributed by atoms with Crippen molar-refractivity contribution in [1.29, 1.82) is 0 Å². The van der Waals surface area contributed by atoms with Crippen molar-refractivity contribution in [2.45, 2.75) is 38.5 Å². The second-order valence-electron chi connectivity index (χ2n) is 7.62. The molecule has 1 saturated heterocycles. The van der Waals surface area contributed by atoms with Crippen molar-refractivity contribution in [3.63, 3.8) is 0 Å². The Hall–Kier alpha value is -1.96. The predicted molar refractivity (Wildman–Crippen MR) is 102 cm³/mol. The minimum absolute atomic E-state index is 0.00864. The first-order valence-corrected chi connectivity index (χ1v) is 10.1. The van der Waals surface area contributed by atoms with Crippen molar-refractivity contribution in [3.8, 4) is 0 Å². The van der Waals surface area contributed by atoms with Gasteiger partial charge >= 0.3 is 0 Å². The van der Waals surface area contributed by atoms with Gasteiger partial charge in [0.15, 0.2) is 5.69 Å². The number of aromatic nitrogens is 4. The molecular formula is C18H26N6OS. The van der Waals surface area contributed by atoms with Gasteiger partial charge in [-0.25, -0.2) is 4.98 Å². The second kappa shape index (κ2) is 6.98. The summed E-state index contributed by atoms with van der Waals surface area (Å²) in [5, 5.41) is 5.37. The summed E-state index contributed by atoms with van der Waals surface area (Å²) in [7, 11) is 3.75. The predicted octanol–water partition coefficient (Wildman–Crippen LogP) is 2.45. The summed E-state index contributed by atoms with van der Waals surface area (Å²) in [6.07, 6.45) is 4.65. The van der Waals surface area contributed by atoms with E-state index in [9.17, 15) is 4.79 Å². The molecule has 0 atom stereocenters. The minimum atomic E-state index is 0.00864. The van der Waals surface area contributed by atoms with Crippen LogP contribution in [0.4, 0.5) is 5.13 Å². The number of rotatable bonds is 5. The Morgan fingerprint density at radius 1 is 1.31 bits per heavy atom. The van der Waals surface area contributed by atoms with E-state index in [0.717, 1.165) is 49.1 Å². The molecular weight excluding hydrogens is 348 g/mol. The Bertz CT molecular complexity index is 768. The van der Waals surface area contributed by atoms with E-state index in [4.69, 9.17) is 4.98 Å². The molecule has 1 amide bonds. The number of carbonyl (C=O) groups is 1. The fourth-order valence-corrected chi connectivity index (χ4v) is 4.30. The molecule has 2 aliphatic rings. The van der Waals surface area contributed by atoms with Crippen LogP contribution in [0.1, 0.15) is 53.6 Å². The van der Waals surface area contributed by atoms with Gasteiger partial charge in [0, 0.05) is 56.9 Å². The summed E-state index contributed by atoms with van der Waals surface area (Å²) in [5.41, 5.74) is 1.53. The van der Waals surface area contributed by atoms with Gasteiger partial charge in [-0.05, 0) is 44.6 Å². The number of aryl methyl sites for hydroxylation is 2. The van der Waals surface area contributed by atoms with Crippen LogP contribution in [0.25, 0.3) is 0 Å². The number of hydrogen-bond acceptors (Lipinski definition) is 6. The van der Waals surface area contributed by atoms with Crippen molar-refractivity contribution < 1.29 is 4.79 Å². The minimum Gasteiger partial charge on any atom is -0.347 e. The molecule has 4 rings (SSSR count). The van der Waals surface area contributed by atoms with E-state index in [-0.39, 0.29) is 5.91 Å². The first-order valence-electron chi connectivity index (χ1n) is 9.36. The molecule has 2 aromatic heterocycles. The van der Waals surface area contributed by atoms with Crippen LogP contribution < -0.4 is 4.90 Å². The monoisotopic (exact) mass is 374 g/mol. The van der Waals surface area contributed by atoms with Crippen LogP contribution >= 0.6 is 11.5 Å². The molecule has 0 bridgehead atoms. The SMILES string of the molecule is Cc1cc(C(=O)N(C)CC2CCN(c3nc(C4CC4)ns3)CC2)nn1C. The van der Waals surface area contributed by atoms with Gasteiger partial charge in [0.25, 0.3) is 5.91 Å². The lowest BCUT2D eigenvalue weighted by Gasteiger charge is -2.33. The Balaban J connectivity index is 1.29. The van der Waals surface area contributed by atoms with Gasteiger partial charge in [-0.1, -0.05) is 0 Å². The van der Waals surface area contributed by atoms with Gasteiger partial charge in [-0.2, -0.15) is 9.47 Å². The Labute approximate surface area is 158 Å². The van der Waals surface area contributed by atoms with Gasteiger partial charge < -0.3 is 9.80 Å². The molecule has 0 spiro atoms. The van der Waals surface area contributed by atoms with E-state index < -0.39 is 0 Å². The molecule has 1 saturated carbocycles. The maximum Gasteiger partial charge on any atom is 0.274 e. The molecule has 26 heavy (non-hydrogen) atoms. The summed E-state index contributed by atoms with van der Waals surface area (Å²) in [5.74, 6) is 2.20. The number of amides is 1. The van der Waals surface area contributed by atoms with Crippen LogP contribution in [-0.2, 0) is 7.05 Å². The maximum atomic E-state index is 12.6. The summed E-state index contributed by atoms with van der Waals surface area (Å²) in [6, 6.07) is 1.86. The summed E-state index contributed by atoms with van der Waals surface area (Å²) in [6.45, 7) is 4.73. The summed E-state index contributed by atoms with van der Waals surface area (Å²) < 4.78 is 6.26. The molecule has 0 N–H and O–H groups in total. The third-order valence-corrected chi connectivity index (χ3v) is 6.26. The highest BCUT2D eigenvalue weighted by molar-refractivity contribution is 7.09. The first kappa shape index (κ1) is 17.5. The number of nitrogens with zero attached hydrogens (tertiary/aromatic N) is 6. The van der Waals surface area contributed by atoms with E-state index in [2.05, 4.69) is 14.4 Å². The number of hydrogen-bond donors (Lipinski definition) is 0. The van der Waals surface area contributed by atoms with E-state index in [1.807, 2.05) is 32.0 Å². The fourth-order valence-electron chi connectivity index (χ4n) is 3.50. The number of carbonyl (C=O) groups excluding carboxylic acids is 1. The van der Waals surface area contributed by atoms with Crippen molar-refractivity contribution in [2.75, 3.05) is 31.6 Å². The molecule has 8 heteroatoms. The highest BCUT2D eigenvalue weighted by atomic mass is 32.1. The summed E-state index contributed by atoms with van der Waals surface area (Å²) in [4.78, 5) is 21.5. The zero-order chi connectivity index (χ0) is 18.3. The smallest absolute Gasteiger partial charge is 0.274 e. The normalized spacial score (nSPS) is 18.3. The summed E-state index contributed by atoms with van der Waals surface area (Å²) >= 11 is 1.54. The zero-order valence-corrected chi connectivity index (χ0v) is 16.5. The van der Waals surface area contributed by atoms with Crippen molar-refractivity contribution in [1.82, 2.24) is 24.0 Å². The Kier molecular flexibility index (Phi) is 4.69. The van der Waals surface area contributed by atoms with E-state index in [0.29, 0.717) is 17.5 Å². The van der Waals surface area contributed by atoms with Gasteiger partial charge in [0.1, 0.15) is 5.82 Å². The topological polar surface area (TPSA) is 67.2 Å². The molecule has 7 nitrogen and oxygen atoms in total. The van der Waals surface area contributed by atoms with Gasteiger partial charge in [0.2, 0.25) is 5.13 Å². The fraction of sp³-hybridized carbons (Fsp3) is 0.667. The van der Waals surface area contributed by atoms with E-state index in [1.165, 1.54) is 24.4 Å². The molecule has 140 valence electrons. The Morgan fingerprint density at radius 2 is 2.04 bits per heavy atom. The maximum absolute atomic E-state index is 12.6. The van der Waals surface area contributed by atoms with Crippen LogP contribution in [0.2, 0.25) is 0 Å². The molecule has 1 aliphatic carbocycles. The van der Waals surface area contributed by atoms with Crippen LogP contribution in [0.15, 0.2) is 6.07 Å². The van der Waals surface area contributed by atoms with Crippen molar-refractivity contribution in [3.05, 3.63) is 23.3 Å². The Morgan fingerprint density at radius 3 is 2.65 bits per heavy atom. The zero-order valence-electron chi connectivity index (χ0n) is 15.7. The van der Waals surface area contributed by atoms with Gasteiger partial charge in [0.05, 0.1) is 0 Å². The lowest BCUT2D eigenvalue weighted by Crippen LogP contribution is -2.39.